The van der Waals surface area contributed by atoms with Crippen molar-refractivity contribution in [2.24, 2.45) is 0 Å². The first-order chi connectivity index (χ1) is 11.3. The summed E-state index contributed by atoms with van der Waals surface area (Å²) in [6.45, 7) is 0.154. The zero-order valence-electron chi connectivity index (χ0n) is 12.5. The third-order valence-electron chi connectivity index (χ3n) is 3.28. The minimum Gasteiger partial charge on any atom is -0.496 e. The lowest BCUT2D eigenvalue weighted by Gasteiger charge is -2.09. The molecule has 1 aromatic carbocycles. The summed E-state index contributed by atoms with van der Waals surface area (Å²) in [7, 11) is 1.52. The minimum atomic E-state index is -0.427. The molecule has 2 heterocycles. The molecule has 0 fully saturated rings. The third kappa shape index (κ3) is 3.37. The van der Waals surface area contributed by atoms with Gasteiger partial charge in [0.05, 0.1) is 7.11 Å². The number of benzene rings is 1. The number of esters is 1. The second-order valence-electron chi connectivity index (χ2n) is 4.77. The molecular weight excluding hydrogens is 294 g/mol. The summed E-state index contributed by atoms with van der Waals surface area (Å²) in [5.74, 6) is 0.781. The van der Waals surface area contributed by atoms with Crippen LogP contribution < -0.4 is 4.74 Å². The number of carbonyl (C=O) groups excluding carboxylic acids is 1. The smallest absolute Gasteiger partial charge is 0.342 e. The highest BCUT2D eigenvalue weighted by Crippen LogP contribution is 2.19. The van der Waals surface area contributed by atoms with Crippen LogP contribution in [-0.4, -0.2) is 27.6 Å². The summed E-state index contributed by atoms with van der Waals surface area (Å²) in [5, 5.41) is 0. The van der Waals surface area contributed by atoms with Gasteiger partial charge in [0.1, 0.15) is 30.1 Å². The van der Waals surface area contributed by atoms with Crippen molar-refractivity contribution < 1.29 is 14.3 Å². The van der Waals surface area contributed by atoms with Gasteiger partial charge in [-0.25, -0.2) is 14.8 Å². The number of hydrogen-bond acceptors (Lipinski definition) is 5. The van der Waals surface area contributed by atoms with Crippen LogP contribution in [0.5, 0.6) is 5.75 Å². The zero-order chi connectivity index (χ0) is 16.1. The van der Waals surface area contributed by atoms with Gasteiger partial charge in [0, 0.05) is 18.6 Å². The van der Waals surface area contributed by atoms with E-state index in [0.29, 0.717) is 17.1 Å². The molecule has 0 aliphatic rings. The van der Waals surface area contributed by atoms with Crippen LogP contribution in [-0.2, 0) is 11.3 Å². The first kappa shape index (κ1) is 14.8. The Bertz CT molecular complexity index is 800. The molecule has 2 aromatic heterocycles. The molecule has 0 bridgehead atoms. The lowest BCUT2D eigenvalue weighted by atomic mass is 10.2. The van der Waals surface area contributed by atoms with Gasteiger partial charge in [0.15, 0.2) is 0 Å². The summed E-state index contributed by atoms with van der Waals surface area (Å²) < 4.78 is 12.3. The molecule has 6 heteroatoms. The molecule has 116 valence electrons. The topological polar surface area (TPSA) is 66.2 Å². The minimum absolute atomic E-state index is 0.154. The summed E-state index contributed by atoms with van der Waals surface area (Å²) in [6, 6.07) is 10.6. The molecule has 0 saturated carbocycles. The molecule has 23 heavy (non-hydrogen) atoms. The maximum atomic E-state index is 12.2. The van der Waals surface area contributed by atoms with Gasteiger partial charge in [-0.15, -0.1) is 0 Å². The number of carbonyl (C=O) groups is 1. The highest BCUT2D eigenvalue weighted by Gasteiger charge is 2.13. The predicted octanol–water partition coefficient (Wildman–Crippen LogP) is 2.63. The number of nitrogens with zero attached hydrogens (tertiary/aromatic N) is 3. The van der Waals surface area contributed by atoms with Crippen molar-refractivity contribution >= 4 is 5.97 Å². The average molecular weight is 309 g/mol. The SMILES string of the molecule is COc1ccccc1C(=O)OCc1ccnc(-n2ccnc2)c1. The Labute approximate surface area is 133 Å². The van der Waals surface area contributed by atoms with E-state index in [-0.39, 0.29) is 6.61 Å². The van der Waals surface area contributed by atoms with Gasteiger partial charge in [0.2, 0.25) is 0 Å². The summed E-state index contributed by atoms with van der Waals surface area (Å²) in [5.41, 5.74) is 1.24. The number of methoxy groups -OCH3 is 1. The van der Waals surface area contributed by atoms with E-state index in [9.17, 15) is 4.79 Å². The number of hydrogen-bond donors (Lipinski definition) is 0. The first-order valence-electron chi connectivity index (χ1n) is 7.01. The molecule has 0 aliphatic heterocycles. The van der Waals surface area contributed by atoms with E-state index in [4.69, 9.17) is 9.47 Å². The maximum absolute atomic E-state index is 12.2. The number of ether oxygens (including phenoxy) is 2. The van der Waals surface area contributed by atoms with Gasteiger partial charge < -0.3 is 9.47 Å². The van der Waals surface area contributed by atoms with Gasteiger partial charge in [-0.05, 0) is 29.8 Å². The molecule has 0 unspecified atom stereocenters. The van der Waals surface area contributed by atoms with E-state index >= 15 is 0 Å². The van der Waals surface area contributed by atoms with Crippen LogP contribution >= 0.6 is 0 Å². The lowest BCUT2D eigenvalue weighted by molar-refractivity contribution is 0.0469. The van der Waals surface area contributed by atoms with Gasteiger partial charge in [0.25, 0.3) is 0 Å². The Morgan fingerprint density at radius 3 is 2.87 bits per heavy atom. The van der Waals surface area contributed by atoms with Crippen molar-refractivity contribution in [2.75, 3.05) is 7.11 Å². The summed E-state index contributed by atoms with van der Waals surface area (Å²) in [4.78, 5) is 20.4. The zero-order valence-corrected chi connectivity index (χ0v) is 12.5. The van der Waals surface area contributed by atoms with Crippen molar-refractivity contribution in [3.8, 4) is 11.6 Å². The maximum Gasteiger partial charge on any atom is 0.342 e. The van der Waals surface area contributed by atoms with Gasteiger partial charge >= 0.3 is 5.97 Å². The highest BCUT2D eigenvalue weighted by molar-refractivity contribution is 5.92. The Kier molecular flexibility index (Phi) is 4.33. The van der Waals surface area contributed by atoms with Crippen molar-refractivity contribution in [1.29, 1.82) is 0 Å². The Balaban J connectivity index is 1.71. The molecule has 6 nitrogen and oxygen atoms in total. The number of imidazole rings is 1. The third-order valence-corrected chi connectivity index (χ3v) is 3.28. The van der Waals surface area contributed by atoms with Crippen LogP contribution in [0, 0.1) is 0 Å². The number of pyridine rings is 1. The van der Waals surface area contributed by atoms with Crippen molar-refractivity contribution in [2.45, 2.75) is 6.61 Å². The Morgan fingerprint density at radius 1 is 1.22 bits per heavy atom. The van der Waals surface area contributed by atoms with E-state index in [1.54, 1.807) is 59.8 Å². The van der Waals surface area contributed by atoms with E-state index in [0.717, 1.165) is 5.56 Å². The van der Waals surface area contributed by atoms with Gasteiger partial charge in [-0.2, -0.15) is 0 Å². The van der Waals surface area contributed by atoms with Crippen LogP contribution in [0.3, 0.4) is 0 Å². The average Bonchev–Trinajstić information content (AvgIpc) is 3.14. The van der Waals surface area contributed by atoms with Gasteiger partial charge in [-0.1, -0.05) is 12.1 Å². The van der Waals surface area contributed by atoms with Crippen molar-refractivity contribution in [3.63, 3.8) is 0 Å². The molecule has 3 aromatic rings. The molecule has 0 atom stereocenters. The molecule has 3 rings (SSSR count). The van der Waals surface area contributed by atoms with Crippen molar-refractivity contribution in [1.82, 2.24) is 14.5 Å². The van der Waals surface area contributed by atoms with Crippen LogP contribution in [0.1, 0.15) is 15.9 Å². The largest absolute Gasteiger partial charge is 0.496 e. The molecule has 0 amide bonds. The standard InChI is InChI=1S/C17H15N3O3/c1-22-15-5-3-2-4-14(15)17(21)23-11-13-6-7-19-16(10-13)20-9-8-18-12-20/h2-10,12H,11H2,1H3. The predicted molar refractivity (Wildman–Crippen MR) is 83.5 cm³/mol. The normalized spacial score (nSPS) is 10.3. The molecule has 0 radical (unpaired) electrons. The highest BCUT2D eigenvalue weighted by atomic mass is 16.5. The quantitative estimate of drug-likeness (QED) is 0.678. The fourth-order valence-corrected chi connectivity index (χ4v) is 2.13. The summed E-state index contributed by atoms with van der Waals surface area (Å²) >= 11 is 0. The van der Waals surface area contributed by atoms with Gasteiger partial charge in [-0.3, -0.25) is 4.57 Å². The number of rotatable bonds is 5. The van der Waals surface area contributed by atoms with Crippen LogP contribution in [0.25, 0.3) is 5.82 Å². The first-order valence-corrected chi connectivity index (χ1v) is 7.01. The van der Waals surface area contributed by atoms with Crippen LogP contribution in [0.15, 0.2) is 61.3 Å². The Morgan fingerprint density at radius 2 is 2.09 bits per heavy atom. The summed E-state index contributed by atoms with van der Waals surface area (Å²) in [6.07, 6.45) is 6.80. The van der Waals surface area contributed by atoms with Crippen molar-refractivity contribution in [3.05, 3.63) is 72.4 Å². The molecule has 0 aliphatic carbocycles. The Hall–Kier alpha value is -3.15. The number of aromatic nitrogens is 3. The second kappa shape index (κ2) is 6.74. The fraction of sp³-hybridized carbons (Fsp3) is 0.118. The molecular formula is C17H15N3O3. The van der Waals surface area contributed by atoms with E-state index in [1.807, 2.05) is 6.07 Å². The van der Waals surface area contributed by atoms with Crippen LogP contribution in [0.2, 0.25) is 0 Å². The van der Waals surface area contributed by atoms with Crippen LogP contribution in [0.4, 0.5) is 0 Å². The molecule has 0 N–H and O–H groups in total. The van der Waals surface area contributed by atoms with E-state index < -0.39 is 5.97 Å². The number of para-hydroxylation sites is 1. The molecule has 0 spiro atoms. The second-order valence-corrected chi connectivity index (χ2v) is 4.77. The monoisotopic (exact) mass is 309 g/mol. The lowest BCUT2D eigenvalue weighted by Crippen LogP contribution is -2.07. The fourth-order valence-electron chi connectivity index (χ4n) is 2.13. The molecule has 0 saturated heterocycles. The van der Waals surface area contributed by atoms with E-state index in [1.165, 1.54) is 7.11 Å². The van der Waals surface area contributed by atoms with E-state index in [2.05, 4.69) is 9.97 Å².